The number of ether oxygens (including phenoxy) is 2. The van der Waals surface area contributed by atoms with E-state index in [2.05, 4.69) is 33.8 Å². The Morgan fingerprint density at radius 2 is 1.95 bits per heavy atom. The molecule has 3 aromatic rings. The first-order chi connectivity index (χ1) is 18.7. The largest absolute Gasteiger partial charge is 0.493 e. The molecule has 38 heavy (non-hydrogen) atoms. The van der Waals surface area contributed by atoms with E-state index in [1.54, 1.807) is 7.11 Å². The van der Waals surface area contributed by atoms with Gasteiger partial charge in [-0.2, -0.15) is 0 Å². The normalized spacial score (nSPS) is 20.0. The summed E-state index contributed by atoms with van der Waals surface area (Å²) in [5.41, 5.74) is 3.90. The van der Waals surface area contributed by atoms with Gasteiger partial charge < -0.3 is 29.4 Å². The zero-order chi connectivity index (χ0) is 25.9. The van der Waals surface area contributed by atoms with Gasteiger partial charge in [-0.3, -0.25) is 0 Å². The van der Waals surface area contributed by atoms with E-state index < -0.39 is 0 Å². The van der Waals surface area contributed by atoms with Gasteiger partial charge >= 0.3 is 0 Å². The van der Waals surface area contributed by atoms with Gasteiger partial charge in [-0.25, -0.2) is 4.98 Å². The summed E-state index contributed by atoms with van der Waals surface area (Å²) in [5, 5.41) is 8.40. The molecule has 0 radical (unpaired) electrons. The van der Waals surface area contributed by atoms with Crippen molar-refractivity contribution in [3.8, 4) is 23.0 Å². The van der Waals surface area contributed by atoms with Crippen LogP contribution in [0.1, 0.15) is 49.8 Å². The monoisotopic (exact) mass is 516 g/mol. The van der Waals surface area contributed by atoms with E-state index in [1.165, 1.54) is 38.8 Å². The minimum Gasteiger partial charge on any atom is -0.493 e. The number of piperidine rings is 1. The predicted octanol–water partition coefficient (Wildman–Crippen LogP) is 5.87. The number of pyridine rings is 1. The molecular formula is C31H40N4O3. The molecule has 0 spiro atoms. The van der Waals surface area contributed by atoms with Crippen molar-refractivity contribution in [2.24, 2.45) is 5.92 Å². The van der Waals surface area contributed by atoms with E-state index in [0.717, 1.165) is 89.3 Å². The number of aromatic nitrogens is 1. The lowest BCUT2D eigenvalue weighted by atomic mass is 9.89. The van der Waals surface area contributed by atoms with Gasteiger partial charge in [0.15, 0.2) is 17.3 Å². The second-order valence-electron chi connectivity index (χ2n) is 11.0. The number of fused-ring (bicyclic) bond motifs is 3. The van der Waals surface area contributed by atoms with Gasteiger partial charge in [-0.15, -0.1) is 0 Å². The van der Waals surface area contributed by atoms with E-state index in [-0.39, 0.29) is 6.04 Å². The molecule has 7 nitrogen and oxygen atoms in total. The van der Waals surface area contributed by atoms with Crippen LogP contribution in [0.5, 0.6) is 11.5 Å². The Bertz CT molecular complexity index is 1290. The van der Waals surface area contributed by atoms with E-state index in [9.17, 15) is 0 Å². The Balaban J connectivity index is 1.32. The van der Waals surface area contributed by atoms with Crippen molar-refractivity contribution in [1.82, 2.24) is 15.2 Å². The van der Waals surface area contributed by atoms with Crippen LogP contribution in [-0.4, -0.2) is 62.4 Å². The topological polar surface area (TPSA) is 71.8 Å². The van der Waals surface area contributed by atoms with Crippen LogP contribution in [0.3, 0.4) is 0 Å². The maximum Gasteiger partial charge on any atom is 0.163 e. The average Bonchev–Trinajstić information content (AvgIpc) is 3.62. The van der Waals surface area contributed by atoms with Crippen LogP contribution < -0.4 is 20.1 Å². The Hall–Kier alpha value is -3.03. The number of methoxy groups -OCH3 is 1. The number of likely N-dealkylation sites (tertiary alicyclic amines) is 1. The Morgan fingerprint density at radius 3 is 2.71 bits per heavy atom. The summed E-state index contributed by atoms with van der Waals surface area (Å²) in [6, 6.07) is 8.41. The van der Waals surface area contributed by atoms with Gasteiger partial charge in [0, 0.05) is 29.6 Å². The molecule has 2 N–H and O–H groups in total. The van der Waals surface area contributed by atoms with Crippen molar-refractivity contribution in [2.45, 2.75) is 51.5 Å². The maximum absolute atomic E-state index is 6.26. The lowest BCUT2D eigenvalue weighted by molar-refractivity contribution is 0.254. The Morgan fingerprint density at radius 1 is 1.11 bits per heavy atom. The summed E-state index contributed by atoms with van der Waals surface area (Å²) in [6.45, 7) is 8.37. The van der Waals surface area contributed by atoms with Gasteiger partial charge in [0.1, 0.15) is 11.5 Å². The first kappa shape index (κ1) is 25.3. The van der Waals surface area contributed by atoms with Gasteiger partial charge in [-0.05, 0) is 95.7 Å². The highest BCUT2D eigenvalue weighted by atomic mass is 16.5. The number of benzene rings is 1. The fraction of sp³-hybridized carbons (Fsp3) is 0.516. The van der Waals surface area contributed by atoms with Crippen LogP contribution in [0.2, 0.25) is 0 Å². The second kappa shape index (κ2) is 11.4. The van der Waals surface area contributed by atoms with Crippen LogP contribution in [-0.2, 0) is 0 Å². The van der Waals surface area contributed by atoms with Crippen LogP contribution in [0.15, 0.2) is 34.8 Å². The molecule has 7 heteroatoms. The quantitative estimate of drug-likeness (QED) is 0.345. The molecule has 0 saturated carbocycles. The molecular weight excluding hydrogens is 476 g/mol. The third kappa shape index (κ3) is 5.40. The maximum atomic E-state index is 6.26. The summed E-state index contributed by atoms with van der Waals surface area (Å²) in [5.74, 6) is 3.88. The Kier molecular flexibility index (Phi) is 7.56. The molecule has 3 aliphatic rings. The van der Waals surface area contributed by atoms with E-state index in [1.807, 2.05) is 25.1 Å². The first-order valence-corrected chi connectivity index (χ1v) is 14.3. The number of rotatable bonds is 9. The van der Waals surface area contributed by atoms with Crippen molar-refractivity contribution in [1.29, 1.82) is 0 Å². The number of nitrogens with zero attached hydrogens (tertiary/aromatic N) is 2. The summed E-state index contributed by atoms with van der Waals surface area (Å²) >= 11 is 0. The molecule has 0 amide bonds. The minimum atomic E-state index is 0.287. The van der Waals surface area contributed by atoms with Gasteiger partial charge in [0.05, 0.1) is 24.9 Å². The van der Waals surface area contributed by atoms with Crippen molar-refractivity contribution < 1.29 is 13.9 Å². The van der Waals surface area contributed by atoms with Crippen molar-refractivity contribution in [3.63, 3.8) is 0 Å². The number of aryl methyl sites for hydroxylation is 1. The van der Waals surface area contributed by atoms with Crippen molar-refractivity contribution >= 4 is 22.7 Å². The third-order valence-electron chi connectivity index (χ3n) is 8.23. The summed E-state index contributed by atoms with van der Waals surface area (Å²) < 4.78 is 18.1. The highest BCUT2D eigenvalue weighted by Gasteiger charge is 2.25. The fourth-order valence-electron chi connectivity index (χ4n) is 6.16. The number of furan rings is 1. The van der Waals surface area contributed by atoms with E-state index in [0.29, 0.717) is 6.61 Å². The Labute approximate surface area is 225 Å². The lowest BCUT2D eigenvalue weighted by Crippen LogP contribution is -2.31. The van der Waals surface area contributed by atoms with Gasteiger partial charge in [-0.1, -0.05) is 12.2 Å². The highest BCUT2D eigenvalue weighted by molar-refractivity contribution is 6.02. The third-order valence-corrected chi connectivity index (χ3v) is 8.23. The van der Waals surface area contributed by atoms with Gasteiger partial charge in [0.25, 0.3) is 0 Å². The highest BCUT2D eigenvalue weighted by Crippen LogP contribution is 2.42. The van der Waals surface area contributed by atoms with Crippen LogP contribution in [0, 0.1) is 12.8 Å². The number of hydrogen-bond donors (Lipinski definition) is 2. The van der Waals surface area contributed by atoms with Crippen LogP contribution in [0.25, 0.3) is 28.4 Å². The lowest BCUT2D eigenvalue weighted by Gasteiger charge is -2.30. The molecule has 1 aromatic carbocycles. The molecule has 1 unspecified atom stereocenters. The SMILES string of the molecule is COc1cc2c3c(c(-c4ccc(C)o4)nc2cc1OCCCN1CCCC1)C=CC(CC1CCNCC1)N3. The average molecular weight is 517 g/mol. The van der Waals surface area contributed by atoms with Crippen molar-refractivity contribution in [2.75, 3.05) is 51.8 Å². The second-order valence-corrected chi connectivity index (χ2v) is 11.0. The van der Waals surface area contributed by atoms with Gasteiger partial charge in [0.2, 0.25) is 0 Å². The zero-order valence-corrected chi connectivity index (χ0v) is 22.7. The zero-order valence-electron chi connectivity index (χ0n) is 22.7. The van der Waals surface area contributed by atoms with E-state index in [4.69, 9.17) is 18.9 Å². The van der Waals surface area contributed by atoms with Crippen molar-refractivity contribution in [3.05, 3.63) is 41.7 Å². The molecule has 6 rings (SSSR count). The fourth-order valence-corrected chi connectivity index (χ4v) is 6.16. The molecule has 2 aromatic heterocycles. The molecule has 202 valence electrons. The molecule has 3 aliphatic heterocycles. The number of hydrogen-bond acceptors (Lipinski definition) is 7. The first-order valence-electron chi connectivity index (χ1n) is 14.3. The molecule has 2 fully saturated rings. The smallest absolute Gasteiger partial charge is 0.163 e. The predicted molar refractivity (Wildman–Crippen MR) is 153 cm³/mol. The number of nitrogens with one attached hydrogen (secondary N) is 2. The summed E-state index contributed by atoms with van der Waals surface area (Å²) in [6.07, 6.45) is 11.8. The van der Waals surface area contributed by atoms with Crippen LogP contribution in [0.4, 0.5) is 5.69 Å². The summed E-state index contributed by atoms with van der Waals surface area (Å²) in [7, 11) is 1.71. The minimum absolute atomic E-state index is 0.287. The standard InChI is InChI=1S/C31H40N4O3/c1-21-6-9-27(38-21)31-24-8-7-23(18-22-10-12-32-13-11-22)33-30(24)25-19-28(36-2)29(20-26(25)34-31)37-17-5-16-35-14-3-4-15-35/h6-9,19-20,22-23,32-33H,3-5,10-18H2,1-2H3. The number of anilines is 1. The van der Waals surface area contributed by atoms with Crippen LogP contribution >= 0.6 is 0 Å². The molecule has 0 aliphatic carbocycles. The molecule has 0 bridgehead atoms. The molecule has 5 heterocycles. The van der Waals surface area contributed by atoms with E-state index >= 15 is 0 Å². The molecule has 2 saturated heterocycles. The summed E-state index contributed by atoms with van der Waals surface area (Å²) in [4.78, 5) is 7.62. The molecule has 1 atom stereocenters.